The lowest BCUT2D eigenvalue weighted by Crippen LogP contribution is -2.65. The number of hydrogen-bond acceptors (Lipinski definition) is 4. The van der Waals surface area contributed by atoms with Gasteiger partial charge in [0.1, 0.15) is 11.3 Å². The molecule has 1 aromatic carbocycles. The van der Waals surface area contributed by atoms with Gasteiger partial charge in [-0.25, -0.2) is 4.39 Å². The number of amides is 2. The fourth-order valence-corrected chi connectivity index (χ4v) is 3.33. The monoisotopic (exact) mass is 314 g/mol. The molecule has 1 atom stereocenters. The molecule has 23 heavy (non-hydrogen) atoms. The van der Waals surface area contributed by atoms with Crippen molar-refractivity contribution < 1.29 is 14.0 Å². The molecule has 2 aliphatic heterocycles. The van der Waals surface area contributed by atoms with Gasteiger partial charge in [-0.3, -0.25) is 14.6 Å². The van der Waals surface area contributed by atoms with E-state index in [4.69, 9.17) is 0 Å². The number of piperazine rings is 2. The second-order valence-corrected chi connectivity index (χ2v) is 5.77. The molecule has 0 aliphatic carbocycles. The van der Waals surface area contributed by atoms with Crippen LogP contribution < -0.4 is 10.2 Å². The van der Waals surface area contributed by atoms with E-state index in [1.807, 2.05) is 12.1 Å². The number of halogens is 1. The van der Waals surface area contributed by atoms with E-state index in [1.54, 1.807) is 17.2 Å². The molecule has 0 spiro atoms. The van der Waals surface area contributed by atoms with Crippen molar-refractivity contribution in [2.45, 2.75) is 6.04 Å². The highest BCUT2D eigenvalue weighted by Crippen LogP contribution is 2.28. The maximum absolute atomic E-state index is 13.9. The van der Waals surface area contributed by atoms with Gasteiger partial charge in [0, 0.05) is 43.4 Å². The van der Waals surface area contributed by atoms with Crippen LogP contribution in [0, 0.1) is 5.82 Å². The minimum absolute atomic E-state index is 0.0641. The Morgan fingerprint density at radius 1 is 1.22 bits per heavy atom. The number of carbonyl (C=O) groups is 2. The van der Waals surface area contributed by atoms with E-state index < -0.39 is 11.8 Å². The topological polar surface area (TPSA) is 65.5 Å². The highest BCUT2D eigenvalue weighted by Gasteiger charge is 2.37. The summed E-state index contributed by atoms with van der Waals surface area (Å²) in [5.74, 6) is -1.35. The van der Waals surface area contributed by atoms with Gasteiger partial charge < -0.3 is 15.1 Å². The zero-order valence-corrected chi connectivity index (χ0v) is 12.3. The molecule has 0 unspecified atom stereocenters. The van der Waals surface area contributed by atoms with E-state index in [-0.39, 0.29) is 11.9 Å². The average molecular weight is 314 g/mol. The van der Waals surface area contributed by atoms with Crippen LogP contribution in [0.4, 0.5) is 10.1 Å². The summed E-state index contributed by atoms with van der Waals surface area (Å²) < 4.78 is 13.9. The fourth-order valence-electron chi connectivity index (χ4n) is 3.33. The van der Waals surface area contributed by atoms with Gasteiger partial charge in [-0.1, -0.05) is 12.1 Å². The molecule has 2 saturated heterocycles. The summed E-state index contributed by atoms with van der Waals surface area (Å²) in [6.45, 7) is 2.13. The van der Waals surface area contributed by atoms with E-state index >= 15 is 0 Å². The molecule has 1 N–H and O–H groups in total. The van der Waals surface area contributed by atoms with Gasteiger partial charge >= 0.3 is 11.8 Å². The van der Waals surface area contributed by atoms with Gasteiger partial charge in [-0.2, -0.15) is 0 Å². The molecule has 118 valence electrons. The van der Waals surface area contributed by atoms with E-state index in [0.29, 0.717) is 31.7 Å². The Labute approximate surface area is 131 Å². The number of anilines is 1. The molecule has 3 heterocycles. The number of carbonyl (C=O) groups excluding carboxylic acids is 2. The first-order chi connectivity index (χ1) is 11.1. The Balaban J connectivity index is 1.67. The predicted octanol–water partition coefficient (Wildman–Crippen LogP) is 0.521. The largest absolute Gasteiger partial charge is 0.367 e. The van der Waals surface area contributed by atoms with Gasteiger partial charge in [0.25, 0.3) is 0 Å². The first kappa shape index (κ1) is 13.9. The SMILES string of the molecule is O=C1NC[C@H]2CN(c3ccnc4c(F)cccc34)CCN2C1=O. The van der Waals surface area contributed by atoms with Crippen molar-refractivity contribution in [3.05, 3.63) is 36.3 Å². The van der Waals surface area contributed by atoms with Crippen molar-refractivity contribution >= 4 is 28.4 Å². The molecule has 1 aromatic heterocycles. The van der Waals surface area contributed by atoms with Crippen LogP contribution in [0.5, 0.6) is 0 Å². The van der Waals surface area contributed by atoms with Crippen molar-refractivity contribution in [3.63, 3.8) is 0 Å². The molecular weight excluding hydrogens is 299 g/mol. The number of hydrogen-bond donors (Lipinski definition) is 1. The average Bonchev–Trinajstić information content (AvgIpc) is 2.58. The summed E-state index contributed by atoms with van der Waals surface area (Å²) >= 11 is 0. The number of rotatable bonds is 1. The molecule has 7 heteroatoms. The molecule has 2 aromatic rings. The van der Waals surface area contributed by atoms with Crippen molar-refractivity contribution in [2.24, 2.45) is 0 Å². The molecule has 2 amide bonds. The summed E-state index contributed by atoms with van der Waals surface area (Å²) in [5.41, 5.74) is 1.25. The summed E-state index contributed by atoms with van der Waals surface area (Å²) in [7, 11) is 0. The Hall–Kier alpha value is -2.70. The molecule has 0 radical (unpaired) electrons. The number of nitrogens with one attached hydrogen (secondary N) is 1. The highest BCUT2D eigenvalue weighted by atomic mass is 19.1. The summed E-state index contributed by atoms with van der Waals surface area (Å²) in [5, 5.41) is 3.38. The summed E-state index contributed by atoms with van der Waals surface area (Å²) in [6, 6.07) is 6.71. The number of pyridine rings is 1. The molecular formula is C16H15FN4O2. The third kappa shape index (κ3) is 2.19. The van der Waals surface area contributed by atoms with Crippen LogP contribution in [0.2, 0.25) is 0 Å². The zero-order chi connectivity index (χ0) is 16.0. The van der Waals surface area contributed by atoms with Crippen LogP contribution in [-0.2, 0) is 9.59 Å². The molecule has 6 nitrogen and oxygen atoms in total. The molecule has 4 rings (SSSR count). The first-order valence-corrected chi connectivity index (χ1v) is 7.52. The zero-order valence-electron chi connectivity index (χ0n) is 12.3. The summed E-state index contributed by atoms with van der Waals surface area (Å²) in [4.78, 5) is 31.2. The van der Waals surface area contributed by atoms with Crippen LogP contribution in [0.25, 0.3) is 10.9 Å². The second-order valence-electron chi connectivity index (χ2n) is 5.77. The predicted molar refractivity (Wildman–Crippen MR) is 82.4 cm³/mol. The smallest absolute Gasteiger partial charge is 0.312 e. The number of aromatic nitrogens is 1. The third-order valence-corrected chi connectivity index (χ3v) is 4.48. The van der Waals surface area contributed by atoms with Gasteiger partial charge in [-0.05, 0) is 12.1 Å². The standard InChI is InChI=1S/C16H15FN4O2/c17-12-3-1-2-11-13(4-5-18-14(11)12)20-6-7-21-10(9-20)8-19-15(22)16(21)23/h1-5,10H,6-9H2,(H,19,22)/t10-/m0/s1. The van der Waals surface area contributed by atoms with Crippen LogP contribution in [0.3, 0.4) is 0 Å². The van der Waals surface area contributed by atoms with Gasteiger partial charge in [0.2, 0.25) is 0 Å². The first-order valence-electron chi connectivity index (χ1n) is 7.52. The van der Waals surface area contributed by atoms with E-state index in [0.717, 1.165) is 11.1 Å². The normalized spacial score (nSPS) is 21.3. The van der Waals surface area contributed by atoms with Crippen LogP contribution in [0.15, 0.2) is 30.5 Å². The van der Waals surface area contributed by atoms with E-state index in [1.165, 1.54) is 6.07 Å². The number of nitrogens with zero attached hydrogens (tertiary/aromatic N) is 3. The van der Waals surface area contributed by atoms with Crippen LogP contribution in [0.1, 0.15) is 0 Å². The van der Waals surface area contributed by atoms with Crippen molar-refractivity contribution in [1.29, 1.82) is 0 Å². The Kier molecular flexibility index (Phi) is 3.14. The number of benzene rings is 1. The van der Waals surface area contributed by atoms with Gasteiger partial charge in [-0.15, -0.1) is 0 Å². The minimum Gasteiger partial charge on any atom is -0.367 e. The lowest BCUT2D eigenvalue weighted by atomic mass is 10.1. The van der Waals surface area contributed by atoms with E-state index in [2.05, 4.69) is 15.2 Å². The lowest BCUT2D eigenvalue weighted by Gasteiger charge is -2.44. The van der Waals surface area contributed by atoms with Crippen molar-refractivity contribution in [1.82, 2.24) is 15.2 Å². The van der Waals surface area contributed by atoms with Gasteiger partial charge in [0.05, 0.1) is 6.04 Å². The van der Waals surface area contributed by atoms with Crippen LogP contribution in [-0.4, -0.2) is 53.9 Å². The minimum atomic E-state index is -0.536. The van der Waals surface area contributed by atoms with E-state index in [9.17, 15) is 14.0 Å². The second kappa shape index (κ2) is 5.19. The molecule has 2 fully saturated rings. The molecule has 0 bridgehead atoms. The Bertz CT molecular complexity index is 810. The molecule has 2 aliphatic rings. The van der Waals surface area contributed by atoms with Gasteiger partial charge in [0.15, 0.2) is 0 Å². The molecule has 0 saturated carbocycles. The number of fused-ring (bicyclic) bond motifs is 2. The third-order valence-electron chi connectivity index (χ3n) is 4.48. The van der Waals surface area contributed by atoms with Crippen LogP contribution >= 0.6 is 0 Å². The van der Waals surface area contributed by atoms with Crippen molar-refractivity contribution in [3.8, 4) is 0 Å². The van der Waals surface area contributed by atoms with Crippen molar-refractivity contribution in [2.75, 3.05) is 31.1 Å². The number of para-hydroxylation sites is 1. The fraction of sp³-hybridized carbons (Fsp3) is 0.312. The Morgan fingerprint density at radius 3 is 2.96 bits per heavy atom. The Morgan fingerprint density at radius 2 is 2.09 bits per heavy atom. The lowest BCUT2D eigenvalue weighted by molar-refractivity contribution is -0.150. The maximum Gasteiger partial charge on any atom is 0.312 e. The maximum atomic E-state index is 13.9. The quantitative estimate of drug-likeness (QED) is 0.780. The highest BCUT2D eigenvalue weighted by molar-refractivity contribution is 6.35. The summed E-state index contributed by atoms with van der Waals surface area (Å²) in [6.07, 6.45) is 1.60.